The molecule has 0 bridgehead atoms. The van der Waals surface area contributed by atoms with E-state index in [0.717, 1.165) is 0 Å². The van der Waals surface area contributed by atoms with Gasteiger partial charge in [-0.05, 0) is 18.4 Å². The summed E-state index contributed by atoms with van der Waals surface area (Å²) >= 11 is 0. The van der Waals surface area contributed by atoms with E-state index < -0.39 is 49.1 Å². The first-order valence-corrected chi connectivity index (χ1v) is 10.2. The van der Waals surface area contributed by atoms with Gasteiger partial charge in [-0.1, -0.05) is 44.2 Å². The Morgan fingerprint density at radius 2 is 1.59 bits per heavy atom. The molecule has 0 heterocycles. The van der Waals surface area contributed by atoms with E-state index in [1.165, 1.54) is 14.0 Å². The lowest BCUT2D eigenvalue weighted by atomic mass is 9.92. The monoisotopic (exact) mass is 450 g/mol. The van der Waals surface area contributed by atoms with Crippen molar-refractivity contribution in [1.29, 1.82) is 0 Å². The Labute approximate surface area is 187 Å². The predicted octanol–water partition coefficient (Wildman–Crippen LogP) is -0.752. The highest BCUT2D eigenvalue weighted by atomic mass is 16.5. The minimum Gasteiger partial charge on any atom is -0.453 e. The van der Waals surface area contributed by atoms with Crippen LogP contribution in [0.4, 0.5) is 4.79 Å². The van der Waals surface area contributed by atoms with Crippen LogP contribution in [0.25, 0.3) is 0 Å². The van der Waals surface area contributed by atoms with Crippen LogP contribution < -0.4 is 21.3 Å². The number of benzene rings is 1. The van der Waals surface area contributed by atoms with Crippen molar-refractivity contribution in [1.82, 2.24) is 21.3 Å². The van der Waals surface area contributed by atoms with Crippen molar-refractivity contribution in [3.05, 3.63) is 35.9 Å². The SMILES string of the molecule is COC(=O)NC(C(=O)NC(CC(=O)NC(C)C(=O)NCB(O)O)c1ccccc1)C(C)C. The van der Waals surface area contributed by atoms with E-state index in [1.807, 2.05) is 0 Å². The molecule has 32 heavy (non-hydrogen) atoms. The molecule has 0 aromatic heterocycles. The van der Waals surface area contributed by atoms with Gasteiger partial charge in [0.1, 0.15) is 12.1 Å². The molecular weight excluding hydrogens is 419 g/mol. The van der Waals surface area contributed by atoms with Gasteiger partial charge in [0.25, 0.3) is 0 Å². The van der Waals surface area contributed by atoms with Gasteiger partial charge in [0.05, 0.1) is 26.0 Å². The topological polar surface area (TPSA) is 166 Å². The van der Waals surface area contributed by atoms with Crippen molar-refractivity contribution in [2.24, 2.45) is 5.92 Å². The summed E-state index contributed by atoms with van der Waals surface area (Å²) in [6.07, 6.45) is -1.29. The fraction of sp³-hybridized carbons (Fsp3) is 0.500. The molecule has 1 aromatic carbocycles. The number of nitrogens with one attached hydrogen (secondary N) is 4. The third kappa shape index (κ3) is 9.35. The molecule has 0 saturated carbocycles. The first-order valence-electron chi connectivity index (χ1n) is 10.2. The fourth-order valence-electron chi connectivity index (χ4n) is 2.82. The normalized spacial score (nSPS) is 13.3. The maximum atomic E-state index is 12.9. The summed E-state index contributed by atoms with van der Waals surface area (Å²) in [7, 11) is -0.507. The second-order valence-electron chi connectivity index (χ2n) is 7.55. The van der Waals surface area contributed by atoms with E-state index in [-0.39, 0.29) is 18.8 Å². The first kappa shape index (κ1) is 26.9. The number of rotatable bonds is 11. The molecule has 0 radical (unpaired) electrons. The van der Waals surface area contributed by atoms with Crippen LogP contribution >= 0.6 is 0 Å². The number of hydrogen-bond acceptors (Lipinski definition) is 7. The lowest BCUT2D eigenvalue weighted by Crippen LogP contribution is -2.51. The largest absolute Gasteiger partial charge is 0.472 e. The average Bonchev–Trinajstić information content (AvgIpc) is 2.75. The number of amides is 4. The van der Waals surface area contributed by atoms with Crippen molar-refractivity contribution >= 4 is 30.9 Å². The molecule has 3 unspecified atom stereocenters. The van der Waals surface area contributed by atoms with Gasteiger partial charge in [0, 0.05) is 0 Å². The zero-order valence-corrected chi connectivity index (χ0v) is 18.6. The van der Waals surface area contributed by atoms with Crippen molar-refractivity contribution < 1.29 is 34.0 Å². The van der Waals surface area contributed by atoms with Crippen LogP contribution in [0.15, 0.2) is 30.3 Å². The minimum absolute atomic E-state index is 0.168. The molecule has 3 atom stereocenters. The lowest BCUT2D eigenvalue weighted by Gasteiger charge is -2.25. The molecule has 0 spiro atoms. The maximum Gasteiger partial charge on any atom is 0.472 e. The predicted molar refractivity (Wildman–Crippen MR) is 117 cm³/mol. The number of alkyl carbamates (subject to hydrolysis) is 1. The molecular formula is C20H31BN4O7. The number of ether oxygens (including phenoxy) is 1. The van der Waals surface area contributed by atoms with E-state index in [0.29, 0.717) is 5.56 Å². The van der Waals surface area contributed by atoms with Crippen LogP contribution in [0.2, 0.25) is 0 Å². The molecule has 176 valence electrons. The second kappa shape index (κ2) is 13.3. The Balaban J connectivity index is 2.89. The Bertz CT molecular complexity index is 776. The zero-order chi connectivity index (χ0) is 24.3. The first-order chi connectivity index (χ1) is 15.0. The van der Waals surface area contributed by atoms with Crippen molar-refractivity contribution in [3.8, 4) is 0 Å². The molecule has 6 N–H and O–H groups in total. The third-order valence-corrected chi connectivity index (χ3v) is 4.55. The van der Waals surface area contributed by atoms with Gasteiger partial charge in [0.15, 0.2) is 0 Å². The lowest BCUT2D eigenvalue weighted by molar-refractivity contribution is -0.129. The molecule has 0 aliphatic carbocycles. The smallest absolute Gasteiger partial charge is 0.453 e. The molecule has 11 nitrogen and oxygen atoms in total. The van der Waals surface area contributed by atoms with Crippen molar-refractivity contribution in [2.45, 2.75) is 45.3 Å². The zero-order valence-electron chi connectivity index (χ0n) is 18.6. The van der Waals surface area contributed by atoms with Crippen LogP contribution in [0.1, 0.15) is 38.8 Å². The third-order valence-electron chi connectivity index (χ3n) is 4.55. The summed E-state index contributed by atoms with van der Waals surface area (Å²) in [4.78, 5) is 49.0. The van der Waals surface area contributed by atoms with Crippen LogP contribution in [0, 0.1) is 5.92 Å². The van der Waals surface area contributed by atoms with Crippen LogP contribution in [0.5, 0.6) is 0 Å². The molecule has 4 amide bonds. The Hall–Kier alpha value is -3.12. The number of methoxy groups -OCH3 is 1. The standard InChI is InChI=1S/C20H31BN4O7/c1-12(2)17(25-20(29)32-4)19(28)24-15(14-8-6-5-7-9-14)10-16(26)23-13(3)18(27)22-11-21(30)31/h5-9,12-13,15,17,30-31H,10-11H2,1-4H3,(H,22,27)(H,23,26)(H,24,28)(H,25,29). The van der Waals surface area contributed by atoms with E-state index in [2.05, 4.69) is 26.0 Å². The van der Waals surface area contributed by atoms with Crippen LogP contribution in [-0.2, 0) is 19.1 Å². The number of hydrogen-bond donors (Lipinski definition) is 6. The van der Waals surface area contributed by atoms with Gasteiger partial charge in [-0.15, -0.1) is 0 Å². The van der Waals surface area contributed by atoms with Gasteiger partial charge in [0.2, 0.25) is 17.7 Å². The van der Waals surface area contributed by atoms with Crippen molar-refractivity contribution in [2.75, 3.05) is 13.6 Å². The molecule has 0 aliphatic rings. The van der Waals surface area contributed by atoms with E-state index >= 15 is 0 Å². The fourth-order valence-corrected chi connectivity index (χ4v) is 2.82. The highest BCUT2D eigenvalue weighted by Gasteiger charge is 2.28. The summed E-state index contributed by atoms with van der Waals surface area (Å²) in [6, 6.07) is 6.26. The van der Waals surface area contributed by atoms with Crippen LogP contribution in [-0.4, -0.2) is 66.6 Å². The average molecular weight is 450 g/mol. The van der Waals surface area contributed by atoms with Gasteiger partial charge >= 0.3 is 13.2 Å². The number of carbonyl (C=O) groups is 4. The minimum atomic E-state index is -1.70. The molecule has 1 aromatic rings. The maximum absolute atomic E-state index is 12.9. The molecule has 0 fully saturated rings. The Kier molecular flexibility index (Phi) is 11.2. The summed E-state index contributed by atoms with van der Waals surface area (Å²) < 4.78 is 4.57. The van der Waals surface area contributed by atoms with E-state index in [1.54, 1.807) is 44.2 Å². The quantitative estimate of drug-likeness (QED) is 0.241. The van der Waals surface area contributed by atoms with Crippen molar-refractivity contribution in [3.63, 3.8) is 0 Å². The highest BCUT2D eigenvalue weighted by Crippen LogP contribution is 2.18. The molecule has 0 aliphatic heterocycles. The second-order valence-corrected chi connectivity index (χ2v) is 7.55. The Morgan fingerprint density at radius 1 is 0.969 bits per heavy atom. The van der Waals surface area contributed by atoms with Gasteiger partial charge in [-0.3, -0.25) is 14.4 Å². The number of carbonyl (C=O) groups excluding carboxylic acids is 4. The summed E-state index contributed by atoms with van der Waals surface area (Å²) in [5.74, 6) is -1.83. The molecule has 0 saturated heterocycles. The summed E-state index contributed by atoms with van der Waals surface area (Å²) in [5.41, 5.74) is 0.664. The van der Waals surface area contributed by atoms with E-state index in [9.17, 15) is 19.2 Å². The van der Waals surface area contributed by atoms with Crippen LogP contribution in [0.3, 0.4) is 0 Å². The van der Waals surface area contributed by atoms with Gasteiger partial charge in [-0.2, -0.15) is 0 Å². The summed E-state index contributed by atoms with van der Waals surface area (Å²) in [6.45, 7) is 4.96. The Morgan fingerprint density at radius 3 is 2.12 bits per heavy atom. The highest BCUT2D eigenvalue weighted by molar-refractivity contribution is 6.41. The molecule has 12 heteroatoms. The van der Waals surface area contributed by atoms with Gasteiger partial charge < -0.3 is 36.1 Å². The van der Waals surface area contributed by atoms with E-state index in [4.69, 9.17) is 10.0 Å². The molecule has 1 rings (SSSR count). The van der Waals surface area contributed by atoms with Gasteiger partial charge in [-0.25, -0.2) is 4.79 Å². The summed E-state index contributed by atoms with van der Waals surface area (Å²) in [5, 5.41) is 27.7.